The number of esters is 1. The first kappa shape index (κ1) is 23.5. The molecule has 2 aromatic rings. The van der Waals surface area contributed by atoms with Crippen LogP contribution in [-0.2, 0) is 14.3 Å². The maximum absolute atomic E-state index is 13.2. The van der Waals surface area contributed by atoms with Crippen molar-refractivity contribution in [2.45, 2.75) is 36.4 Å². The van der Waals surface area contributed by atoms with Crippen LogP contribution in [-0.4, -0.2) is 34.3 Å². The second-order valence-corrected chi connectivity index (χ2v) is 10.3. The maximum atomic E-state index is 13.2. The molecule has 1 aromatic carbocycles. The van der Waals surface area contributed by atoms with Crippen LogP contribution in [0.5, 0.6) is 0 Å². The van der Waals surface area contributed by atoms with E-state index in [1.807, 2.05) is 24.3 Å². The van der Waals surface area contributed by atoms with E-state index < -0.39 is 5.92 Å². The van der Waals surface area contributed by atoms with Crippen molar-refractivity contribution in [2.24, 2.45) is 5.73 Å². The molecular formula is C22H20BrN5O3S2. The van der Waals surface area contributed by atoms with Crippen molar-refractivity contribution >= 4 is 55.9 Å². The van der Waals surface area contributed by atoms with Gasteiger partial charge in [-0.2, -0.15) is 5.26 Å². The van der Waals surface area contributed by atoms with Crippen LogP contribution in [0.3, 0.4) is 0 Å². The second-order valence-electron chi connectivity index (χ2n) is 7.28. The Hall–Kier alpha value is -2.68. The minimum atomic E-state index is -0.546. The molecule has 2 N–H and O–H groups in total. The van der Waals surface area contributed by atoms with E-state index in [0.717, 1.165) is 15.7 Å². The lowest BCUT2D eigenvalue weighted by Gasteiger charge is -2.38. The lowest BCUT2D eigenvalue weighted by Crippen LogP contribution is -2.38. The Labute approximate surface area is 207 Å². The van der Waals surface area contributed by atoms with Gasteiger partial charge in [0, 0.05) is 22.2 Å². The number of Topliss-reactive ketones (excluding diaryl/α,β-unsaturated/α-hetero) is 1. The minimum Gasteiger partial charge on any atom is -0.465 e. The third-order valence-electron chi connectivity index (χ3n) is 5.34. The molecule has 0 spiro atoms. The number of hydrogen-bond donors (Lipinski definition) is 1. The van der Waals surface area contributed by atoms with Gasteiger partial charge in [-0.15, -0.1) is 10.2 Å². The van der Waals surface area contributed by atoms with Crippen LogP contribution in [0, 0.1) is 11.3 Å². The number of ether oxygens (including phenoxy) is 1. The molecule has 0 fully saturated rings. The van der Waals surface area contributed by atoms with Crippen LogP contribution in [0.4, 0.5) is 5.13 Å². The number of benzene rings is 1. The van der Waals surface area contributed by atoms with Crippen molar-refractivity contribution in [1.29, 1.82) is 5.26 Å². The molecule has 1 aromatic heterocycles. The highest BCUT2D eigenvalue weighted by Gasteiger charge is 2.41. The molecule has 0 amide bonds. The Kier molecular flexibility index (Phi) is 7.17. The van der Waals surface area contributed by atoms with Gasteiger partial charge in [-0.25, -0.2) is 0 Å². The molecule has 2 aliphatic rings. The zero-order chi connectivity index (χ0) is 23.5. The van der Waals surface area contributed by atoms with E-state index in [4.69, 9.17) is 10.5 Å². The van der Waals surface area contributed by atoms with Gasteiger partial charge in [0.05, 0.1) is 29.9 Å². The number of halogens is 1. The van der Waals surface area contributed by atoms with Crippen molar-refractivity contribution in [3.63, 3.8) is 0 Å². The topological polar surface area (TPSA) is 122 Å². The van der Waals surface area contributed by atoms with Gasteiger partial charge >= 0.3 is 5.97 Å². The summed E-state index contributed by atoms with van der Waals surface area (Å²) < 4.78 is 6.33. The fourth-order valence-electron chi connectivity index (χ4n) is 4.00. The van der Waals surface area contributed by atoms with Crippen LogP contribution in [0.2, 0.25) is 0 Å². The highest BCUT2D eigenvalue weighted by molar-refractivity contribution is 9.10. The number of hydrogen-bond acceptors (Lipinski definition) is 10. The van der Waals surface area contributed by atoms with Crippen LogP contribution in [0.15, 0.2) is 55.7 Å². The van der Waals surface area contributed by atoms with Gasteiger partial charge in [-0.3, -0.25) is 14.5 Å². The summed E-state index contributed by atoms with van der Waals surface area (Å²) in [6.07, 6.45) is 1.74. The lowest BCUT2D eigenvalue weighted by molar-refractivity contribution is -0.139. The van der Waals surface area contributed by atoms with Crippen LogP contribution < -0.4 is 10.6 Å². The third kappa shape index (κ3) is 4.55. The summed E-state index contributed by atoms with van der Waals surface area (Å²) in [6, 6.07) is 9.79. The molecule has 1 aliphatic heterocycles. The van der Waals surface area contributed by atoms with Gasteiger partial charge in [0.25, 0.3) is 0 Å². The van der Waals surface area contributed by atoms with Crippen molar-refractivity contribution in [3.05, 3.63) is 57.0 Å². The van der Waals surface area contributed by atoms with E-state index in [0.29, 0.717) is 46.5 Å². The minimum absolute atomic E-state index is 0.00341. The Bertz CT molecular complexity index is 1220. The van der Waals surface area contributed by atoms with Crippen molar-refractivity contribution in [3.8, 4) is 6.07 Å². The van der Waals surface area contributed by atoms with Crippen molar-refractivity contribution in [2.75, 3.05) is 17.3 Å². The Balaban J connectivity index is 1.77. The zero-order valence-electron chi connectivity index (χ0n) is 17.7. The number of ketones is 1. The summed E-state index contributed by atoms with van der Waals surface area (Å²) in [7, 11) is 0. The molecular weight excluding hydrogens is 526 g/mol. The number of thioether (sulfide) groups is 1. The molecule has 33 heavy (non-hydrogen) atoms. The molecule has 2 heterocycles. The number of carbonyl (C=O) groups is 2. The number of carbonyl (C=O) groups excluding carboxylic acids is 2. The molecule has 4 rings (SSSR count). The average Bonchev–Trinajstić information content (AvgIpc) is 3.26. The number of nitrogens with zero attached hydrogens (tertiary/aromatic N) is 4. The van der Waals surface area contributed by atoms with E-state index in [9.17, 15) is 14.9 Å². The standard InChI is InChI=1S/C22H20BrN5O3S2/c1-2-31-17(30)11-32-22-27-26-21(33-22)28-15-8-5-9-16(29)19(15)18(13(10-24)20(28)25)12-6-3-4-7-14(12)23/h3-4,6-7,18H,2,5,8-9,11,25H2,1H3. The summed E-state index contributed by atoms with van der Waals surface area (Å²) in [5.41, 5.74) is 9.00. The quantitative estimate of drug-likeness (QED) is 0.418. The van der Waals surface area contributed by atoms with Gasteiger partial charge in [0.2, 0.25) is 5.13 Å². The fraction of sp³-hybridized carbons (Fsp3) is 0.318. The summed E-state index contributed by atoms with van der Waals surface area (Å²) in [5, 5.41) is 19.0. The van der Waals surface area contributed by atoms with E-state index in [2.05, 4.69) is 32.2 Å². The maximum Gasteiger partial charge on any atom is 0.316 e. The number of nitriles is 1. The first-order valence-corrected chi connectivity index (χ1v) is 12.9. The first-order chi connectivity index (χ1) is 16.0. The van der Waals surface area contributed by atoms with E-state index in [1.165, 1.54) is 23.1 Å². The summed E-state index contributed by atoms with van der Waals surface area (Å²) in [5.74, 6) is -0.514. The monoisotopic (exact) mass is 545 g/mol. The molecule has 8 nitrogen and oxygen atoms in total. The Morgan fingerprint density at radius 2 is 2.18 bits per heavy atom. The zero-order valence-corrected chi connectivity index (χ0v) is 20.9. The molecule has 170 valence electrons. The van der Waals surface area contributed by atoms with Crippen LogP contribution in [0.1, 0.15) is 37.7 Å². The molecule has 0 saturated carbocycles. The Morgan fingerprint density at radius 3 is 2.91 bits per heavy atom. The number of rotatable bonds is 6. The van der Waals surface area contributed by atoms with Gasteiger partial charge in [0.1, 0.15) is 5.82 Å². The SMILES string of the molecule is CCOC(=O)CSc1nnc(N2C(N)=C(C#N)C(c3ccccc3Br)C3=C2CCCC3=O)s1. The van der Waals surface area contributed by atoms with E-state index in [1.54, 1.807) is 11.8 Å². The van der Waals surface area contributed by atoms with Gasteiger partial charge < -0.3 is 10.5 Å². The third-order valence-corrected chi connectivity index (χ3v) is 8.07. The average molecular weight is 546 g/mol. The summed E-state index contributed by atoms with van der Waals surface area (Å²) in [6.45, 7) is 2.07. The second kappa shape index (κ2) is 10.1. The van der Waals surface area contributed by atoms with Gasteiger partial charge in [-0.1, -0.05) is 57.2 Å². The predicted molar refractivity (Wildman–Crippen MR) is 129 cm³/mol. The Morgan fingerprint density at radius 1 is 1.39 bits per heavy atom. The van der Waals surface area contributed by atoms with Crippen molar-refractivity contribution < 1.29 is 14.3 Å². The lowest BCUT2D eigenvalue weighted by atomic mass is 9.76. The molecule has 0 saturated heterocycles. The van der Waals surface area contributed by atoms with Crippen LogP contribution >= 0.6 is 39.0 Å². The number of nitrogens with two attached hydrogens (primary N) is 1. The molecule has 1 aliphatic carbocycles. The fourth-order valence-corrected chi connectivity index (χ4v) is 6.19. The normalized spacial score (nSPS) is 18.3. The smallest absolute Gasteiger partial charge is 0.316 e. The molecule has 0 radical (unpaired) electrons. The van der Waals surface area contributed by atoms with E-state index >= 15 is 0 Å². The van der Waals surface area contributed by atoms with Gasteiger partial charge in [-0.05, 0) is 31.4 Å². The van der Waals surface area contributed by atoms with E-state index in [-0.39, 0.29) is 23.3 Å². The van der Waals surface area contributed by atoms with Gasteiger partial charge in [0.15, 0.2) is 10.1 Å². The number of allylic oxidation sites excluding steroid dienone is 3. The number of anilines is 1. The summed E-state index contributed by atoms with van der Waals surface area (Å²) >= 11 is 6.04. The van der Waals surface area contributed by atoms with Crippen LogP contribution in [0.25, 0.3) is 0 Å². The van der Waals surface area contributed by atoms with Crippen molar-refractivity contribution in [1.82, 2.24) is 10.2 Å². The molecule has 0 bridgehead atoms. The summed E-state index contributed by atoms with van der Waals surface area (Å²) in [4.78, 5) is 26.5. The molecule has 1 atom stereocenters. The first-order valence-electron chi connectivity index (χ1n) is 10.3. The largest absolute Gasteiger partial charge is 0.465 e. The highest BCUT2D eigenvalue weighted by atomic mass is 79.9. The number of aromatic nitrogens is 2. The molecule has 11 heteroatoms. The molecule has 1 unspecified atom stereocenters. The highest BCUT2D eigenvalue weighted by Crippen LogP contribution is 2.48. The predicted octanol–water partition coefficient (Wildman–Crippen LogP) is 4.26.